The van der Waals surface area contributed by atoms with E-state index in [0.717, 1.165) is 16.8 Å². The van der Waals surface area contributed by atoms with E-state index >= 15 is 0 Å². The Morgan fingerprint density at radius 3 is 2.33 bits per heavy atom. The number of rotatable bonds is 7. The van der Waals surface area contributed by atoms with Crippen molar-refractivity contribution in [2.24, 2.45) is 0 Å². The fourth-order valence-corrected chi connectivity index (χ4v) is 2.69. The Morgan fingerprint density at radius 1 is 0.967 bits per heavy atom. The van der Waals surface area contributed by atoms with Crippen LogP contribution in [0.1, 0.15) is 28.5 Å². The zero-order valence-electron chi connectivity index (χ0n) is 17.1. The molecule has 7 nitrogen and oxygen atoms in total. The van der Waals surface area contributed by atoms with Crippen LogP contribution in [0.5, 0.6) is 5.88 Å². The highest BCUT2D eigenvalue weighted by atomic mass is 16.5. The van der Waals surface area contributed by atoms with E-state index in [4.69, 9.17) is 9.47 Å². The number of aryl methyl sites for hydroxylation is 2. The van der Waals surface area contributed by atoms with Crippen molar-refractivity contribution in [2.75, 3.05) is 18.5 Å². The number of nitrogens with zero attached hydrogens (tertiary/aromatic N) is 2. The zero-order chi connectivity index (χ0) is 21.5. The Morgan fingerprint density at radius 2 is 1.67 bits per heavy atom. The average Bonchev–Trinajstić information content (AvgIpc) is 2.73. The van der Waals surface area contributed by atoms with Crippen molar-refractivity contribution in [1.29, 1.82) is 0 Å². The van der Waals surface area contributed by atoms with Gasteiger partial charge in [-0.2, -0.15) is 4.98 Å². The van der Waals surface area contributed by atoms with Crippen LogP contribution in [-0.2, 0) is 9.53 Å². The lowest BCUT2D eigenvalue weighted by molar-refractivity contribution is -0.118. The third-order valence-electron chi connectivity index (χ3n) is 4.17. The van der Waals surface area contributed by atoms with E-state index in [-0.39, 0.29) is 12.5 Å². The quantitative estimate of drug-likeness (QED) is 0.599. The van der Waals surface area contributed by atoms with Gasteiger partial charge in [0.05, 0.1) is 12.2 Å². The summed E-state index contributed by atoms with van der Waals surface area (Å²) in [6, 6.07) is 16.0. The highest BCUT2D eigenvalue weighted by Crippen LogP contribution is 2.19. The number of benzene rings is 2. The predicted molar refractivity (Wildman–Crippen MR) is 113 cm³/mol. The van der Waals surface area contributed by atoms with E-state index in [2.05, 4.69) is 15.3 Å². The van der Waals surface area contributed by atoms with Crippen LogP contribution in [-0.4, -0.2) is 35.1 Å². The van der Waals surface area contributed by atoms with Crippen molar-refractivity contribution in [1.82, 2.24) is 9.97 Å². The first-order chi connectivity index (χ1) is 14.4. The van der Waals surface area contributed by atoms with Crippen LogP contribution in [0.4, 0.5) is 5.69 Å². The predicted octanol–water partition coefficient (Wildman–Crippen LogP) is 3.95. The average molecular weight is 405 g/mol. The monoisotopic (exact) mass is 405 g/mol. The highest BCUT2D eigenvalue weighted by molar-refractivity contribution is 5.93. The molecule has 1 amide bonds. The van der Waals surface area contributed by atoms with Gasteiger partial charge in [0, 0.05) is 23.0 Å². The summed E-state index contributed by atoms with van der Waals surface area (Å²) in [4.78, 5) is 32.7. The molecule has 0 bridgehead atoms. The summed E-state index contributed by atoms with van der Waals surface area (Å²) in [5.74, 6) is 0.125. The van der Waals surface area contributed by atoms with Crippen molar-refractivity contribution in [3.05, 3.63) is 71.4 Å². The summed E-state index contributed by atoms with van der Waals surface area (Å²) >= 11 is 0. The van der Waals surface area contributed by atoms with Gasteiger partial charge >= 0.3 is 5.97 Å². The summed E-state index contributed by atoms with van der Waals surface area (Å²) < 4.78 is 10.5. The maximum Gasteiger partial charge on any atom is 0.338 e. The van der Waals surface area contributed by atoms with Gasteiger partial charge in [-0.05, 0) is 45.0 Å². The number of hydrogen-bond acceptors (Lipinski definition) is 6. The molecule has 2 aromatic carbocycles. The van der Waals surface area contributed by atoms with Crippen molar-refractivity contribution in [3.8, 4) is 17.3 Å². The molecule has 3 rings (SSSR count). The highest BCUT2D eigenvalue weighted by Gasteiger charge is 2.10. The first-order valence-electron chi connectivity index (χ1n) is 9.57. The Bertz CT molecular complexity index is 1030. The van der Waals surface area contributed by atoms with Gasteiger partial charge in [-0.3, -0.25) is 4.79 Å². The normalized spacial score (nSPS) is 10.4. The fraction of sp³-hybridized carbons (Fsp3) is 0.217. The minimum Gasteiger partial charge on any atom is -0.467 e. The molecule has 0 atom stereocenters. The minimum atomic E-state index is -0.401. The van der Waals surface area contributed by atoms with Gasteiger partial charge in [0.15, 0.2) is 12.4 Å². The second-order valence-electron chi connectivity index (χ2n) is 6.67. The number of esters is 1. The molecular formula is C23H23N3O4. The number of aromatic nitrogens is 2. The van der Waals surface area contributed by atoms with Crippen molar-refractivity contribution >= 4 is 17.6 Å². The summed E-state index contributed by atoms with van der Waals surface area (Å²) in [5.41, 5.74) is 3.74. The molecule has 0 fully saturated rings. The SMILES string of the molecule is CCOC(=O)c1ccc(NC(=O)COc2cc(C)nc(-c3ccc(C)cc3)n2)cc1. The third-order valence-corrected chi connectivity index (χ3v) is 4.17. The van der Waals surface area contributed by atoms with Crippen LogP contribution in [0.2, 0.25) is 0 Å². The van der Waals surface area contributed by atoms with Crippen LogP contribution in [0, 0.1) is 13.8 Å². The Hall–Kier alpha value is -3.74. The van der Waals surface area contributed by atoms with Gasteiger partial charge in [0.2, 0.25) is 5.88 Å². The first kappa shape index (κ1) is 21.0. The molecule has 0 saturated heterocycles. The zero-order valence-corrected chi connectivity index (χ0v) is 17.1. The molecule has 0 unspecified atom stereocenters. The fourth-order valence-electron chi connectivity index (χ4n) is 2.69. The molecule has 0 aliphatic heterocycles. The Balaban J connectivity index is 1.60. The van der Waals surface area contributed by atoms with Crippen LogP contribution in [0.3, 0.4) is 0 Å². The number of anilines is 1. The molecule has 30 heavy (non-hydrogen) atoms. The molecule has 1 aromatic heterocycles. The smallest absolute Gasteiger partial charge is 0.338 e. The van der Waals surface area contributed by atoms with Gasteiger partial charge in [0.25, 0.3) is 5.91 Å². The maximum atomic E-state index is 12.2. The van der Waals surface area contributed by atoms with Gasteiger partial charge in [-0.25, -0.2) is 9.78 Å². The van der Waals surface area contributed by atoms with Crippen LogP contribution in [0.15, 0.2) is 54.6 Å². The lowest BCUT2D eigenvalue weighted by Gasteiger charge is -2.09. The number of hydrogen-bond donors (Lipinski definition) is 1. The molecule has 1 N–H and O–H groups in total. The molecule has 0 radical (unpaired) electrons. The Labute approximate surface area is 175 Å². The molecule has 154 valence electrons. The number of carbonyl (C=O) groups is 2. The molecular weight excluding hydrogens is 382 g/mol. The number of carbonyl (C=O) groups excluding carboxylic acids is 2. The van der Waals surface area contributed by atoms with Crippen LogP contribution in [0.25, 0.3) is 11.4 Å². The van der Waals surface area contributed by atoms with Crippen molar-refractivity contribution in [2.45, 2.75) is 20.8 Å². The summed E-state index contributed by atoms with van der Waals surface area (Å²) in [6.45, 7) is 5.71. The van der Waals surface area contributed by atoms with Crippen molar-refractivity contribution < 1.29 is 19.1 Å². The van der Waals surface area contributed by atoms with E-state index in [0.29, 0.717) is 29.6 Å². The van der Waals surface area contributed by atoms with Gasteiger partial charge < -0.3 is 14.8 Å². The largest absolute Gasteiger partial charge is 0.467 e. The van der Waals surface area contributed by atoms with Crippen LogP contribution >= 0.6 is 0 Å². The van der Waals surface area contributed by atoms with Crippen molar-refractivity contribution in [3.63, 3.8) is 0 Å². The van der Waals surface area contributed by atoms with E-state index in [1.165, 1.54) is 0 Å². The Kier molecular flexibility index (Phi) is 6.75. The second kappa shape index (κ2) is 9.65. The van der Waals surface area contributed by atoms with Gasteiger partial charge in [-0.1, -0.05) is 29.8 Å². The van der Waals surface area contributed by atoms with E-state index in [1.807, 2.05) is 38.1 Å². The third kappa shape index (κ3) is 5.64. The first-order valence-corrected chi connectivity index (χ1v) is 9.57. The molecule has 0 spiro atoms. The second-order valence-corrected chi connectivity index (χ2v) is 6.67. The lowest BCUT2D eigenvalue weighted by atomic mass is 10.1. The van der Waals surface area contributed by atoms with Gasteiger partial charge in [-0.15, -0.1) is 0 Å². The lowest BCUT2D eigenvalue weighted by Crippen LogP contribution is -2.20. The summed E-state index contributed by atoms with van der Waals surface area (Å²) in [6.07, 6.45) is 0. The van der Waals surface area contributed by atoms with E-state index in [9.17, 15) is 9.59 Å². The topological polar surface area (TPSA) is 90.4 Å². The molecule has 7 heteroatoms. The molecule has 1 heterocycles. The van der Waals surface area contributed by atoms with Gasteiger partial charge in [0.1, 0.15) is 0 Å². The molecule has 0 aliphatic rings. The summed E-state index contributed by atoms with van der Waals surface area (Å²) in [5, 5.41) is 2.72. The number of ether oxygens (including phenoxy) is 2. The van der Waals surface area contributed by atoms with E-state index < -0.39 is 5.97 Å². The maximum absolute atomic E-state index is 12.2. The minimum absolute atomic E-state index is 0.205. The molecule has 0 saturated carbocycles. The number of amides is 1. The summed E-state index contributed by atoms with van der Waals surface area (Å²) in [7, 11) is 0. The van der Waals surface area contributed by atoms with E-state index in [1.54, 1.807) is 37.3 Å². The molecule has 0 aliphatic carbocycles. The standard InChI is InChI=1S/C23H23N3O4/c1-4-29-23(28)18-9-11-19(12-10-18)25-20(27)14-30-21-13-16(3)24-22(26-21)17-7-5-15(2)6-8-17/h5-13H,4,14H2,1-3H3,(H,25,27). The molecule has 3 aromatic rings. The number of nitrogens with one attached hydrogen (secondary N) is 1. The van der Waals surface area contributed by atoms with Crippen LogP contribution < -0.4 is 10.1 Å².